The molecule has 7 heteroatoms. The molecule has 0 atom stereocenters. The van der Waals surface area contributed by atoms with Gasteiger partial charge in [0.25, 0.3) is 5.56 Å². The number of rotatable bonds is 1. The van der Waals surface area contributed by atoms with Crippen LogP contribution in [-0.2, 0) is 0 Å². The molecular weight excluding hydrogens is 282 g/mol. The Morgan fingerprint density at radius 3 is 2.72 bits per heavy atom. The molecule has 2 aromatic heterocycles. The lowest BCUT2D eigenvalue weighted by Gasteiger charge is -2.12. The summed E-state index contributed by atoms with van der Waals surface area (Å²) >= 11 is 11.3. The summed E-state index contributed by atoms with van der Waals surface area (Å²) < 4.78 is 14.7. The zero-order valence-electron chi connectivity index (χ0n) is 9.12. The van der Waals surface area contributed by atoms with Crippen molar-refractivity contribution in [2.24, 2.45) is 0 Å². The molecule has 0 unspecified atom stereocenters. The monoisotopic (exact) mass is 288 g/mol. The average molecular weight is 289 g/mol. The van der Waals surface area contributed by atoms with Gasteiger partial charge in [0.2, 0.25) is 0 Å². The first-order valence-electron chi connectivity index (χ1n) is 4.84. The van der Waals surface area contributed by atoms with Crippen molar-refractivity contribution in [3.63, 3.8) is 0 Å². The number of pyridine rings is 2. The van der Waals surface area contributed by atoms with E-state index in [1.54, 1.807) is 0 Å². The van der Waals surface area contributed by atoms with E-state index in [1.165, 1.54) is 19.1 Å². The summed E-state index contributed by atoms with van der Waals surface area (Å²) in [4.78, 5) is 15.5. The number of hydrogen-bond acceptors (Lipinski definition) is 3. The van der Waals surface area contributed by atoms with E-state index in [1.807, 2.05) is 0 Å². The van der Waals surface area contributed by atoms with Crippen LogP contribution >= 0.6 is 23.2 Å². The molecule has 18 heavy (non-hydrogen) atoms. The Kier molecular flexibility index (Phi) is 3.28. The van der Waals surface area contributed by atoms with Crippen LogP contribution in [0.5, 0.6) is 5.75 Å². The van der Waals surface area contributed by atoms with Crippen LogP contribution in [0.25, 0.3) is 5.69 Å². The van der Waals surface area contributed by atoms with Crippen molar-refractivity contribution in [2.45, 2.75) is 6.92 Å². The summed E-state index contributed by atoms with van der Waals surface area (Å²) in [5.74, 6) is -1.07. The van der Waals surface area contributed by atoms with E-state index in [2.05, 4.69) is 4.98 Å². The predicted molar refractivity (Wildman–Crippen MR) is 66.2 cm³/mol. The van der Waals surface area contributed by atoms with Crippen molar-refractivity contribution in [2.75, 3.05) is 0 Å². The molecule has 0 bridgehead atoms. The molecule has 0 fully saturated rings. The minimum atomic E-state index is -0.727. The van der Waals surface area contributed by atoms with Gasteiger partial charge in [0.1, 0.15) is 15.9 Å². The Morgan fingerprint density at radius 2 is 2.06 bits per heavy atom. The van der Waals surface area contributed by atoms with E-state index < -0.39 is 11.4 Å². The molecule has 2 aromatic rings. The quantitative estimate of drug-likeness (QED) is 0.821. The summed E-state index contributed by atoms with van der Waals surface area (Å²) in [6, 6.07) is 2.47. The third-order valence-electron chi connectivity index (χ3n) is 2.36. The lowest BCUT2D eigenvalue weighted by molar-refractivity contribution is 0.472. The maximum atomic E-state index is 13.7. The molecule has 0 saturated heterocycles. The zero-order chi connectivity index (χ0) is 13.4. The first-order valence-corrected chi connectivity index (χ1v) is 5.60. The number of aryl methyl sites for hydroxylation is 1. The second-order valence-corrected chi connectivity index (χ2v) is 4.35. The Balaban J connectivity index is 2.84. The predicted octanol–water partition coefficient (Wildman–Crippen LogP) is 2.69. The molecule has 0 radical (unpaired) electrons. The zero-order valence-corrected chi connectivity index (χ0v) is 10.6. The summed E-state index contributed by atoms with van der Waals surface area (Å²) in [7, 11) is 0. The second-order valence-electron chi connectivity index (χ2n) is 3.58. The highest BCUT2D eigenvalue weighted by molar-refractivity contribution is 6.31. The van der Waals surface area contributed by atoms with Gasteiger partial charge in [-0.25, -0.2) is 9.37 Å². The molecular formula is C11H7Cl2FN2O2. The van der Waals surface area contributed by atoms with Gasteiger partial charge in [-0.1, -0.05) is 23.2 Å². The standard InChI is InChI=1S/C11H7Cl2FN2O2/c1-5-2-8(17)10(13)11(18)16(5)7-3-9(12)15-4-6(7)14/h2-4,17H,1H3. The van der Waals surface area contributed by atoms with E-state index in [0.717, 1.165) is 10.8 Å². The molecule has 4 nitrogen and oxygen atoms in total. The summed E-state index contributed by atoms with van der Waals surface area (Å²) in [6.45, 7) is 1.53. The Morgan fingerprint density at radius 1 is 1.39 bits per heavy atom. The molecule has 0 aliphatic carbocycles. The lowest BCUT2D eigenvalue weighted by atomic mass is 10.3. The van der Waals surface area contributed by atoms with Gasteiger partial charge in [0.15, 0.2) is 5.82 Å². The number of aromatic hydroxyl groups is 1. The van der Waals surface area contributed by atoms with E-state index in [-0.39, 0.29) is 21.6 Å². The molecule has 0 aliphatic rings. The molecule has 0 saturated carbocycles. The molecule has 2 rings (SSSR count). The molecule has 0 aliphatic heterocycles. The summed E-state index contributed by atoms with van der Waals surface area (Å²) in [5.41, 5.74) is -0.474. The third-order valence-corrected chi connectivity index (χ3v) is 2.92. The summed E-state index contributed by atoms with van der Waals surface area (Å²) in [5, 5.41) is 9.06. The average Bonchev–Trinajstić information content (AvgIpc) is 2.31. The topological polar surface area (TPSA) is 55.1 Å². The maximum Gasteiger partial charge on any atom is 0.277 e. The molecule has 0 aromatic carbocycles. The van der Waals surface area contributed by atoms with Crippen LogP contribution in [0.1, 0.15) is 5.69 Å². The van der Waals surface area contributed by atoms with Gasteiger partial charge in [-0.3, -0.25) is 9.36 Å². The van der Waals surface area contributed by atoms with Gasteiger partial charge in [0, 0.05) is 17.8 Å². The van der Waals surface area contributed by atoms with Crippen LogP contribution in [-0.4, -0.2) is 14.7 Å². The second kappa shape index (κ2) is 4.59. The van der Waals surface area contributed by atoms with E-state index in [4.69, 9.17) is 23.2 Å². The molecule has 0 amide bonds. The molecule has 94 valence electrons. The fourth-order valence-electron chi connectivity index (χ4n) is 1.57. The SMILES string of the molecule is Cc1cc(O)c(Cl)c(=O)n1-c1cc(Cl)ncc1F. The largest absolute Gasteiger partial charge is 0.506 e. The summed E-state index contributed by atoms with van der Waals surface area (Å²) in [6.07, 6.45) is 0.907. The third kappa shape index (κ3) is 2.07. The van der Waals surface area contributed by atoms with E-state index in [9.17, 15) is 14.3 Å². The van der Waals surface area contributed by atoms with Gasteiger partial charge < -0.3 is 5.11 Å². The van der Waals surface area contributed by atoms with Crippen molar-refractivity contribution in [1.29, 1.82) is 0 Å². The van der Waals surface area contributed by atoms with Crippen molar-refractivity contribution in [3.05, 3.63) is 50.4 Å². The highest BCUT2D eigenvalue weighted by Crippen LogP contribution is 2.23. The molecule has 0 spiro atoms. The van der Waals surface area contributed by atoms with Crippen molar-refractivity contribution >= 4 is 23.2 Å². The van der Waals surface area contributed by atoms with Crippen LogP contribution < -0.4 is 5.56 Å². The van der Waals surface area contributed by atoms with Crippen LogP contribution in [0.3, 0.4) is 0 Å². The van der Waals surface area contributed by atoms with Crippen molar-refractivity contribution < 1.29 is 9.50 Å². The smallest absolute Gasteiger partial charge is 0.277 e. The Hall–Kier alpha value is -1.59. The Labute approximate surface area is 111 Å². The normalized spacial score (nSPS) is 10.7. The Bertz CT molecular complexity index is 685. The number of nitrogens with zero attached hydrogens (tertiary/aromatic N) is 2. The van der Waals surface area contributed by atoms with Gasteiger partial charge >= 0.3 is 0 Å². The highest BCUT2D eigenvalue weighted by Gasteiger charge is 2.15. The van der Waals surface area contributed by atoms with E-state index in [0.29, 0.717) is 5.69 Å². The first kappa shape index (κ1) is 12.9. The molecule has 2 heterocycles. The molecule has 1 N–H and O–H groups in total. The van der Waals surface area contributed by atoms with Crippen LogP contribution in [0.15, 0.2) is 23.1 Å². The van der Waals surface area contributed by atoms with Gasteiger partial charge in [-0.15, -0.1) is 0 Å². The minimum Gasteiger partial charge on any atom is -0.506 e. The number of hydrogen-bond donors (Lipinski definition) is 1. The van der Waals surface area contributed by atoms with E-state index >= 15 is 0 Å². The maximum absolute atomic E-state index is 13.7. The van der Waals surface area contributed by atoms with Gasteiger partial charge in [-0.05, 0) is 6.92 Å². The first-order chi connectivity index (χ1) is 8.41. The number of aromatic nitrogens is 2. The fourth-order valence-corrected chi connectivity index (χ4v) is 1.86. The van der Waals surface area contributed by atoms with Gasteiger partial charge in [-0.2, -0.15) is 0 Å². The van der Waals surface area contributed by atoms with Crippen molar-refractivity contribution in [3.8, 4) is 11.4 Å². The van der Waals surface area contributed by atoms with Crippen LogP contribution in [0, 0.1) is 12.7 Å². The minimum absolute atomic E-state index is 0.0434. The number of halogens is 3. The van der Waals surface area contributed by atoms with Gasteiger partial charge in [0.05, 0.1) is 11.9 Å². The van der Waals surface area contributed by atoms with Crippen molar-refractivity contribution in [1.82, 2.24) is 9.55 Å². The highest BCUT2D eigenvalue weighted by atomic mass is 35.5. The van der Waals surface area contributed by atoms with Crippen LogP contribution in [0.2, 0.25) is 10.2 Å². The van der Waals surface area contributed by atoms with Crippen LogP contribution in [0.4, 0.5) is 4.39 Å². The fraction of sp³-hybridized carbons (Fsp3) is 0.0909. The lowest BCUT2D eigenvalue weighted by Crippen LogP contribution is -2.22.